The number of likely N-dealkylation sites (tertiary alicyclic amines) is 1. The molecule has 33 heavy (non-hydrogen) atoms. The Morgan fingerprint density at radius 2 is 1.79 bits per heavy atom. The molecule has 2 aromatic carbocycles. The molecule has 8 heteroatoms. The Labute approximate surface area is 192 Å². The third kappa shape index (κ3) is 4.14. The minimum Gasteiger partial charge on any atom is -0.497 e. The van der Waals surface area contributed by atoms with E-state index in [1.54, 1.807) is 11.8 Å². The molecule has 1 saturated heterocycles. The van der Waals surface area contributed by atoms with E-state index in [1.165, 1.54) is 5.56 Å². The van der Waals surface area contributed by atoms with Gasteiger partial charge in [0.2, 0.25) is 0 Å². The lowest BCUT2D eigenvalue weighted by molar-refractivity contribution is 0.263. The molecule has 1 aliphatic rings. The number of hydrogen-bond acceptors (Lipinski definition) is 6. The van der Waals surface area contributed by atoms with Gasteiger partial charge in [-0.25, -0.2) is 4.68 Å². The highest BCUT2D eigenvalue weighted by Gasteiger charge is 2.32. The lowest BCUT2D eigenvalue weighted by Gasteiger charge is -2.26. The summed E-state index contributed by atoms with van der Waals surface area (Å²) in [5.41, 5.74) is 4.85. The van der Waals surface area contributed by atoms with Gasteiger partial charge in [0.15, 0.2) is 5.82 Å². The molecule has 0 bridgehead atoms. The first kappa shape index (κ1) is 21.3. The van der Waals surface area contributed by atoms with Gasteiger partial charge < -0.3 is 9.72 Å². The maximum absolute atomic E-state index is 13.3. The van der Waals surface area contributed by atoms with Crippen molar-refractivity contribution in [1.29, 1.82) is 0 Å². The highest BCUT2D eigenvalue weighted by atomic mass is 16.5. The van der Waals surface area contributed by atoms with Crippen LogP contribution >= 0.6 is 0 Å². The van der Waals surface area contributed by atoms with Gasteiger partial charge in [0.1, 0.15) is 11.8 Å². The zero-order valence-electron chi connectivity index (χ0n) is 19.2. The summed E-state index contributed by atoms with van der Waals surface area (Å²) in [5, 5.41) is 13.7. The minimum absolute atomic E-state index is 0.0957. The van der Waals surface area contributed by atoms with E-state index in [0.29, 0.717) is 17.9 Å². The lowest BCUT2D eigenvalue weighted by atomic mass is 10.0. The van der Waals surface area contributed by atoms with Crippen LogP contribution in [0, 0.1) is 13.8 Å². The molecule has 2 aromatic heterocycles. The summed E-state index contributed by atoms with van der Waals surface area (Å²) >= 11 is 0. The van der Waals surface area contributed by atoms with Gasteiger partial charge >= 0.3 is 0 Å². The molecule has 8 nitrogen and oxygen atoms in total. The number of H-pyrrole nitrogens is 1. The Morgan fingerprint density at radius 1 is 1.06 bits per heavy atom. The van der Waals surface area contributed by atoms with Crippen LogP contribution in [0.15, 0.2) is 47.3 Å². The van der Waals surface area contributed by atoms with Crippen molar-refractivity contribution in [2.24, 2.45) is 0 Å². The van der Waals surface area contributed by atoms with Gasteiger partial charge in [0.25, 0.3) is 5.56 Å². The maximum Gasteiger partial charge on any atom is 0.253 e. The van der Waals surface area contributed by atoms with Crippen LogP contribution < -0.4 is 10.3 Å². The average Bonchev–Trinajstić information content (AvgIpc) is 3.50. The summed E-state index contributed by atoms with van der Waals surface area (Å²) in [6.45, 7) is 6.48. The van der Waals surface area contributed by atoms with Gasteiger partial charge in [0, 0.05) is 11.1 Å². The van der Waals surface area contributed by atoms with E-state index in [2.05, 4.69) is 45.3 Å². The predicted molar refractivity (Wildman–Crippen MR) is 127 cm³/mol. The molecule has 1 atom stereocenters. The molecule has 1 aliphatic heterocycles. The fourth-order valence-electron chi connectivity index (χ4n) is 4.62. The van der Waals surface area contributed by atoms with Gasteiger partial charge in [-0.3, -0.25) is 9.69 Å². The molecular weight excluding hydrogens is 416 g/mol. The fraction of sp³-hybridized carbons (Fsp3) is 0.360. The summed E-state index contributed by atoms with van der Waals surface area (Å²) in [6, 6.07) is 13.7. The monoisotopic (exact) mass is 444 g/mol. The molecule has 3 heterocycles. The van der Waals surface area contributed by atoms with Gasteiger partial charge in [-0.05, 0) is 103 Å². The van der Waals surface area contributed by atoms with Gasteiger partial charge in [-0.2, -0.15) is 0 Å². The van der Waals surface area contributed by atoms with Crippen molar-refractivity contribution in [3.8, 4) is 5.75 Å². The molecule has 1 fully saturated rings. The number of aromatic amines is 1. The standard InChI is InChI=1S/C25H28N6O2/c1-16-12-19-14-21(25(32)26-22(19)13-17(16)2)23(30-10-4-5-11-30)24-27-28-29-31(24)15-18-6-8-20(33-3)9-7-18/h6-9,12-14,23H,4-5,10-11,15H2,1-3H3,(H,26,32)/t23-/m1/s1. The summed E-state index contributed by atoms with van der Waals surface area (Å²) in [4.78, 5) is 18.7. The topological polar surface area (TPSA) is 88.9 Å². The highest BCUT2D eigenvalue weighted by Crippen LogP contribution is 2.30. The zero-order valence-corrected chi connectivity index (χ0v) is 19.2. The van der Waals surface area contributed by atoms with E-state index < -0.39 is 0 Å². The largest absolute Gasteiger partial charge is 0.497 e. The number of pyridine rings is 1. The van der Waals surface area contributed by atoms with Crippen molar-refractivity contribution >= 4 is 10.9 Å². The van der Waals surface area contributed by atoms with Gasteiger partial charge in [0.05, 0.1) is 13.7 Å². The number of ether oxygens (including phenoxy) is 1. The van der Waals surface area contributed by atoms with Crippen molar-refractivity contribution in [3.05, 3.63) is 80.9 Å². The Hall–Kier alpha value is -3.52. The van der Waals surface area contributed by atoms with E-state index in [9.17, 15) is 4.79 Å². The summed E-state index contributed by atoms with van der Waals surface area (Å²) in [5.74, 6) is 1.49. The van der Waals surface area contributed by atoms with Crippen LogP contribution in [-0.4, -0.2) is 50.3 Å². The molecule has 1 N–H and O–H groups in total. The molecule has 4 aromatic rings. The van der Waals surface area contributed by atoms with Crippen LogP contribution in [-0.2, 0) is 6.54 Å². The van der Waals surface area contributed by atoms with Crippen molar-refractivity contribution in [2.75, 3.05) is 20.2 Å². The number of methoxy groups -OCH3 is 1. The normalized spacial score (nSPS) is 15.2. The minimum atomic E-state index is -0.310. The number of hydrogen-bond donors (Lipinski definition) is 1. The Bertz CT molecular complexity index is 1340. The molecule has 5 rings (SSSR count). The van der Waals surface area contributed by atoms with Crippen LogP contribution in [0.4, 0.5) is 0 Å². The Kier molecular flexibility index (Phi) is 5.68. The summed E-state index contributed by atoms with van der Waals surface area (Å²) in [7, 11) is 1.65. The lowest BCUT2D eigenvalue weighted by Crippen LogP contribution is -2.33. The number of aryl methyl sites for hydroxylation is 2. The maximum atomic E-state index is 13.3. The molecular formula is C25H28N6O2. The average molecular weight is 445 g/mol. The fourth-order valence-corrected chi connectivity index (χ4v) is 4.62. The van der Waals surface area contributed by atoms with E-state index in [-0.39, 0.29) is 11.6 Å². The number of aromatic nitrogens is 5. The first-order valence-electron chi connectivity index (χ1n) is 11.3. The second kappa shape index (κ2) is 8.78. The second-order valence-corrected chi connectivity index (χ2v) is 8.77. The van der Waals surface area contributed by atoms with Crippen LogP contribution in [0.5, 0.6) is 5.75 Å². The van der Waals surface area contributed by atoms with Gasteiger partial charge in [-0.15, -0.1) is 5.10 Å². The quantitative estimate of drug-likeness (QED) is 0.491. The molecule has 0 aliphatic carbocycles. The molecule has 170 valence electrons. The Balaban J connectivity index is 1.59. The number of benzene rings is 2. The van der Waals surface area contributed by atoms with Crippen molar-refractivity contribution < 1.29 is 4.74 Å². The number of rotatable bonds is 6. The summed E-state index contributed by atoms with van der Waals surface area (Å²) in [6.07, 6.45) is 2.20. The molecule has 0 saturated carbocycles. The van der Waals surface area contributed by atoms with E-state index in [1.807, 2.05) is 36.4 Å². The number of nitrogens with zero attached hydrogens (tertiary/aromatic N) is 5. The molecule has 0 spiro atoms. The zero-order chi connectivity index (χ0) is 22.9. The SMILES string of the molecule is COc1ccc(Cn2nnnc2[C@@H](c2cc3cc(C)c(C)cc3[nH]c2=O)N2CCCC2)cc1. The smallest absolute Gasteiger partial charge is 0.253 e. The highest BCUT2D eigenvalue weighted by molar-refractivity contribution is 5.81. The summed E-state index contributed by atoms with van der Waals surface area (Å²) < 4.78 is 7.06. The van der Waals surface area contributed by atoms with E-state index in [4.69, 9.17) is 4.74 Å². The van der Waals surface area contributed by atoms with Gasteiger partial charge in [-0.1, -0.05) is 12.1 Å². The van der Waals surface area contributed by atoms with Crippen molar-refractivity contribution in [1.82, 2.24) is 30.1 Å². The third-order valence-corrected chi connectivity index (χ3v) is 6.58. The Morgan fingerprint density at radius 3 is 2.52 bits per heavy atom. The van der Waals surface area contributed by atoms with E-state index in [0.717, 1.165) is 53.7 Å². The van der Waals surface area contributed by atoms with Crippen LogP contribution in [0.1, 0.15) is 47.0 Å². The number of fused-ring (bicyclic) bond motifs is 1. The van der Waals surface area contributed by atoms with Crippen LogP contribution in [0.3, 0.4) is 0 Å². The first-order valence-corrected chi connectivity index (χ1v) is 11.3. The molecule has 0 amide bonds. The van der Waals surface area contributed by atoms with E-state index >= 15 is 0 Å². The molecule has 0 unspecified atom stereocenters. The van der Waals surface area contributed by atoms with Crippen molar-refractivity contribution in [2.45, 2.75) is 39.3 Å². The number of nitrogens with one attached hydrogen (secondary N) is 1. The third-order valence-electron chi connectivity index (χ3n) is 6.58. The first-order chi connectivity index (χ1) is 16.0. The predicted octanol–water partition coefficient (Wildman–Crippen LogP) is 3.37. The van der Waals surface area contributed by atoms with Crippen LogP contribution in [0.25, 0.3) is 10.9 Å². The second-order valence-electron chi connectivity index (χ2n) is 8.77. The van der Waals surface area contributed by atoms with Crippen molar-refractivity contribution in [3.63, 3.8) is 0 Å². The number of tetrazole rings is 1. The molecule has 0 radical (unpaired) electrons. The van der Waals surface area contributed by atoms with Crippen LogP contribution in [0.2, 0.25) is 0 Å².